The Morgan fingerprint density at radius 1 is 1.55 bits per heavy atom. The van der Waals surface area contributed by atoms with Gasteiger partial charge in [0, 0.05) is 10.8 Å². The number of hydrogen-bond acceptors (Lipinski definition) is 4. The maximum atomic E-state index is 12.7. The Kier molecular flexibility index (Phi) is 4.63. The maximum absolute atomic E-state index is 12.7. The molecule has 0 spiro atoms. The van der Waals surface area contributed by atoms with Gasteiger partial charge in [-0.25, -0.2) is 8.42 Å². The summed E-state index contributed by atoms with van der Waals surface area (Å²) in [5.74, 6) is -0.868. The number of aliphatic carboxylic acids is 1. The fourth-order valence-corrected chi connectivity index (χ4v) is 5.94. The number of sulfonamides is 1. The molecule has 1 aliphatic heterocycles. The lowest BCUT2D eigenvalue weighted by Crippen LogP contribution is -2.45. The summed E-state index contributed by atoms with van der Waals surface area (Å²) in [7, 11) is -3.87. The molecule has 0 amide bonds. The quantitative estimate of drug-likeness (QED) is 0.913. The van der Waals surface area contributed by atoms with Gasteiger partial charge in [0.15, 0.2) is 0 Å². The second-order valence-corrected chi connectivity index (χ2v) is 7.83. The fraction of sp³-hybridized carbons (Fsp3) is 0.417. The first kappa shape index (κ1) is 15.6. The van der Waals surface area contributed by atoms with Crippen molar-refractivity contribution in [1.82, 2.24) is 4.31 Å². The summed E-state index contributed by atoms with van der Waals surface area (Å²) in [5.41, 5.74) is 0. The second kappa shape index (κ2) is 5.93. The highest BCUT2D eigenvalue weighted by atomic mass is 35.5. The van der Waals surface area contributed by atoms with Crippen molar-refractivity contribution in [2.75, 3.05) is 5.75 Å². The van der Waals surface area contributed by atoms with Crippen LogP contribution in [0.3, 0.4) is 0 Å². The molecule has 2 rings (SSSR count). The summed E-state index contributed by atoms with van der Waals surface area (Å²) in [6.07, 6.45) is 0.550. The molecule has 2 atom stereocenters. The number of halogens is 1. The van der Waals surface area contributed by atoms with Gasteiger partial charge in [-0.3, -0.25) is 4.79 Å². The molecule has 1 fully saturated rings. The summed E-state index contributed by atoms with van der Waals surface area (Å²) < 4.78 is 26.4. The molecule has 5 nitrogen and oxygen atoms in total. The molecule has 8 heteroatoms. The Morgan fingerprint density at radius 3 is 2.80 bits per heavy atom. The van der Waals surface area contributed by atoms with E-state index in [-0.39, 0.29) is 16.0 Å². The van der Waals surface area contributed by atoms with Crippen LogP contribution >= 0.6 is 23.4 Å². The monoisotopic (exact) mass is 335 g/mol. The molecular formula is C12H14ClNO4S2. The first-order chi connectivity index (χ1) is 9.37. The number of carbonyl (C=O) groups is 1. The van der Waals surface area contributed by atoms with Crippen LogP contribution in [0.5, 0.6) is 0 Å². The first-order valence-electron chi connectivity index (χ1n) is 6.01. The van der Waals surface area contributed by atoms with Crippen molar-refractivity contribution in [3.05, 3.63) is 29.3 Å². The van der Waals surface area contributed by atoms with Crippen molar-refractivity contribution in [2.24, 2.45) is 0 Å². The predicted octanol–water partition coefficient (Wildman–Crippen LogP) is 2.27. The van der Waals surface area contributed by atoms with Crippen molar-refractivity contribution in [1.29, 1.82) is 0 Å². The molecule has 110 valence electrons. The minimum atomic E-state index is -3.87. The van der Waals surface area contributed by atoms with E-state index in [0.29, 0.717) is 11.4 Å². The molecule has 0 saturated carbocycles. The molecule has 1 saturated heterocycles. The minimum Gasteiger partial charge on any atom is -0.480 e. The molecule has 20 heavy (non-hydrogen) atoms. The smallest absolute Gasteiger partial charge is 0.322 e. The van der Waals surface area contributed by atoms with Crippen molar-refractivity contribution >= 4 is 39.4 Å². The summed E-state index contributed by atoms with van der Waals surface area (Å²) >= 11 is 7.17. The average Bonchev–Trinajstić information content (AvgIpc) is 2.83. The van der Waals surface area contributed by atoms with Crippen LogP contribution in [-0.4, -0.2) is 41.0 Å². The van der Waals surface area contributed by atoms with E-state index in [0.717, 1.165) is 4.31 Å². The molecule has 1 aromatic carbocycles. The third-order valence-electron chi connectivity index (χ3n) is 3.04. The normalized spacial score (nSPS) is 23.9. The molecule has 0 radical (unpaired) electrons. The van der Waals surface area contributed by atoms with Crippen LogP contribution in [0.25, 0.3) is 0 Å². The van der Waals surface area contributed by atoms with Gasteiger partial charge in [0.05, 0.1) is 10.3 Å². The van der Waals surface area contributed by atoms with E-state index in [4.69, 9.17) is 11.6 Å². The number of carboxylic acids is 1. The molecule has 1 N–H and O–H groups in total. The zero-order valence-corrected chi connectivity index (χ0v) is 13.1. The molecule has 2 unspecified atom stereocenters. The third-order valence-corrected chi connectivity index (χ3v) is 6.78. The van der Waals surface area contributed by atoms with E-state index in [2.05, 4.69) is 0 Å². The van der Waals surface area contributed by atoms with Crippen molar-refractivity contribution < 1.29 is 18.3 Å². The molecule has 1 aromatic rings. The van der Waals surface area contributed by atoms with E-state index in [9.17, 15) is 18.3 Å². The van der Waals surface area contributed by atoms with E-state index in [1.165, 1.54) is 30.0 Å². The van der Waals surface area contributed by atoms with Crippen LogP contribution in [0.2, 0.25) is 5.02 Å². The second-order valence-electron chi connectivity index (χ2n) is 4.34. The van der Waals surface area contributed by atoms with Crippen LogP contribution in [0.1, 0.15) is 13.3 Å². The summed E-state index contributed by atoms with van der Waals surface area (Å²) in [6.45, 7) is 1.84. The SMILES string of the molecule is CCC1SCC(C(=O)O)N1S(=O)(=O)c1cccc(Cl)c1. The molecular weight excluding hydrogens is 322 g/mol. The van der Waals surface area contributed by atoms with Gasteiger partial charge in [0.2, 0.25) is 10.0 Å². The average molecular weight is 336 g/mol. The van der Waals surface area contributed by atoms with Crippen LogP contribution in [0.15, 0.2) is 29.2 Å². The van der Waals surface area contributed by atoms with Crippen molar-refractivity contribution in [3.63, 3.8) is 0 Å². The highest BCUT2D eigenvalue weighted by Gasteiger charge is 2.45. The summed E-state index contributed by atoms with van der Waals surface area (Å²) in [4.78, 5) is 11.3. The van der Waals surface area contributed by atoms with Gasteiger partial charge in [-0.1, -0.05) is 24.6 Å². The van der Waals surface area contributed by atoms with Gasteiger partial charge in [0.1, 0.15) is 6.04 Å². The number of nitrogens with zero attached hydrogens (tertiary/aromatic N) is 1. The molecule has 0 bridgehead atoms. The molecule has 1 heterocycles. The standard InChI is InChI=1S/C12H14ClNO4S2/c1-2-11-14(10(7-19-11)12(15)16)20(17,18)9-5-3-4-8(13)6-9/h3-6,10-11H,2,7H2,1H3,(H,15,16). The first-order valence-corrected chi connectivity index (χ1v) is 8.88. The summed E-state index contributed by atoms with van der Waals surface area (Å²) in [6, 6.07) is 4.84. The number of hydrogen-bond donors (Lipinski definition) is 1. The number of thioether (sulfide) groups is 1. The topological polar surface area (TPSA) is 74.7 Å². The number of benzene rings is 1. The minimum absolute atomic E-state index is 0.0252. The van der Waals surface area contributed by atoms with Crippen LogP contribution in [0.4, 0.5) is 0 Å². The van der Waals surface area contributed by atoms with E-state index >= 15 is 0 Å². The van der Waals surface area contributed by atoms with Crippen molar-refractivity contribution in [3.8, 4) is 0 Å². The van der Waals surface area contributed by atoms with Gasteiger partial charge in [0.25, 0.3) is 0 Å². The lowest BCUT2D eigenvalue weighted by atomic mass is 10.3. The largest absolute Gasteiger partial charge is 0.480 e. The van der Waals surface area contributed by atoms with Gasteiger partial charge < -0.3 is 5.11 Å². The predicted molar refractivity (Wildman–Crippen MR) is 78.4 cm³/mol. The van der Waals surface area contributed by atoms with Gasteiger partial charge in [-0.2, -0.15) is 4.31 Å². The Morgan fingerprint density at radius 2 is 2.25 bits per heavy atom. The fourth-order valence-electron chi connectivity index (χ4n) is 2.10. The van der Waals surface area contributed by atoms with Crippen LogP contribution in [0, 0.1) is 0 Å². The van der Waals surface area contributed by atoms with Crippen molar-refractivity contribution in [2.45, 2.75) is 29.7 Å². The van der Waals surface area contributed by atoms with Crippen LogP contribution in [-0.2, 0) is 14.8 Å². The molecule has 0 aliphatic carbocycles. The summed E-state index contributed by atoms with van der Waals surface area (Å²) in [5, 5.41) is 9.16. The third kappa shape index (κ3) is 2.81. The van der Waals surface area contributed by atoms with E-state index < -0.39 is 22.0 Å². The Hall–Kier alpha value is -0.760. The maximum Gasteiger partial charge on any atom is 0.322 e. The highest BCUT2D eigenvalue weighted by Crippen LogP contribution is 2.36. The van der Waals surface area contributed by atoms with Gasteiger partial charge in [-0.05, 0) is 24.6 Å². The zero-order chi connectivity index (χ0) is 14.9. The van der Waals surface area contributed by atoms with E-state index in [1.54, 1.807) is 6.07 Å². The van der Waals surface area contributed by atoms with Gasteiger partial charge in [-0.15, -0.1) is 11.8 Å². The van der Waals surface area contributed by atoms with Crippen LogP contribution < -0.4 is 0 Å². The Bertz CT molecular complexity index is 620. The number of carboxylic acid groups (broad SMARTS) is 1. The lowest BCUT2D eigenvalue weighted by Gasteiger charge is -2.25. The highest BCUT2D eigenvalue weighted by molar-refractivity contribution is 8.01. The number of rotatable bonds is 4. The molecule has 1 aliphatic rings. The van der Waals surface area contributed by atoms with Gasteiger partial charge >= 0.3 is 5.97 Å². The molecule has 0 aromatic heterocycles. The Labute approximate surface area is 127 Å². The van der Waals surface area contributed by atoms with E-state index in [1.807, 2.05) is 6.92 Å². The zero-order valence-electron chi connectivity index (χ0n) is 10.7. The lowest BCUT2D eigenvalue weighted by molar-refractivity contribution is -0.140. The Balaban J connectivity index is 2.47.